The van der Waals surface area contributed by atoms with E-state index in [9.17, 15) is 4.79 Å². The second kappa shape index (κ2) is 6.53. The molecule has 1 saturated heterocycles. The van der Waals surface area contributed by atoms with E-state index in [0.29, 0.717) is 12.2 Å². The quantitative estimate of drug-likeness (QED) is 0.769. The normalized spacial score (nSPS) is 16.8. The Kier molecular flexibility index (Phi) is 4.97. The maximum Gasteiger partial charge on any atom is 0.153 e. The molecule has 0 aliphatic carbocycles. The van der Waals surface area contributed by atoms with Crippen LogP contribution in [0.4, 0.5) is 0 Å². The van der Waals surface area contributed by atoms with Crippen molar-refractivity contribution >= 4 is 5.78 Å². The molecule has 0 radical (unpaired) electrons. The summed E-state index contributed by atoms with van der Waals surface area (Å²) < 4.78 is 1.80. The van der Waals surface area contributed by atoms with Crippen molar-refractivity contribution in [2.24, 2.45) is 7.05 Å². The zero-order valence-electron chi connectivity index (χ0n) is 13.1. The Balaban J connectivity index is 2.02. The van der Waals surface area contributed by atoms with E-state index in [1.807, 2.05) is 19.4 Å². The average Bonchev–Trinajstić information content (AvgIpc) is 3.10. The number of aryl methyl sites for hydroxylation is 2. The molecule has 1 aromatic rings. The number of nitrogens with zero attached hydrogens (tertiary/aromatic N) is 3. The van der Waals surface area contributed by atoms with Gasteiger partial charge in [0.05, 0.1) is 11.7 Å². The smallest absolute Gasteiger partial charge is 0.153 e. The monoisotopic (exact) mass is 277 g/mol. The Bertz CT molecular complexity index is 442. The molecule has 0 bridgehead atoms. The van der Waals surface area contributed by atoms with Gasteiger partial charge in [0.2, 0.25) is 0 Å². The van der Waals surface area contributed by atoms with Gasteiger partial charge in [0.15, 0.2) is 5.78 Å². The summed E-state index contributed by atoms with van der Waals surface area (Å²) in [5.41, 5.74) is 0.932. The molecule has 1 aromatic heterocycles. The molecule has 0 spiro atoms. The Morgan fingerprint density at radius 1 is 1.30 bits per heavy atom. The van der Waals surface area contributed by atoms with Gasteiger partial charge in [-0.15, -0.1) is 0 Å². The van der Waals surface area contributed by atoms with Crippen LogP contribution < -0.4 is 0 Å². The second-order valence-corrected chi connectivity index (χ2v) is 5.88. The van der Waals surface area contributed by atoms with Gasteiger partial charge in [0, 0.05) is 19.7 Å². The standard InChI is InChI=1S/C16H27N3O/c1-4-16(5-2,19-10-6-7-11-19)15(20)9-8-14-12-17-18(3)13-14/h12-13H,4-11H2,1-3H3. The Hall–Kier alpha value is -1.16. The SMILES string of the molecule is CCC(CC)(C(=O)CCc1cnn(C)c1)N1CCCC1. The van der Waals surface area contributed by atoms with Crippen molar-refractivity contribution in [2.45, 2.75) is 57.9 Å². The minimum Gasteiger partial charge on any atom is -0.298 e. The summed E-state index contributed by atoms with van der Waals surface area (Å²) in [6.45, 7) is 6.48. The van der Waals surface area contributed by atoms with Gasteiger partial charge in [-0.25, -0.2) is 0 Å². The van der Waals surface area contributed by atoms with Crippen molar-refractivity contribution in [3.05, 3.63) is 18.0 Å². The third kappa shape index (κ3) is 2.95. The number of ketones is 1. The lowest BCUT2D eigenvalue weighted by Gasteiger charge is -2.39. The van der Waals surface area contributed by atoms with E-state index >= 15 is 0 Å². The first kappa shape index (κ1) is 15.2. The Morgan fingerprint density at radius 3 is 2.45 bits per heavy atom. The van der Waals surface area contributed by atoms with Crippen LogP contribution in [0.3, 0.4) is 0 Å². The van der Waals surface area contributed by atoms with Gasteiger partial charge in [0.25, 0.3) is 0 Å². The van der Waals surface area contributed by atoms with E-state index in [-0.39, 0.29) is 5.54 Å². The van der Waals surface area contributed by atoms with Gasteiger partial charge in [-0.05, 0) is 50.8 Å². The lowest BCUT2D eigenvalue weighted by atomic mass is 9.83. The summed E-state index contributed by atoms with van der Waals surface area (Å²) in [4.78, 5) is 15.3. The molecule has 4 nitrogen and oxygen atoms in total. The Labute approximate surface area is 122 Å². The van der Waals surface area contributed by atoms with Gasteiger partial charge in [0.1, 0.15) is 0 Å². The molecule has 4 heteroatoms. The maximum absolute atomic E-state index is 12.8. The first-order valence-electron chi connectivity index (χ1n) is 7.88. The molecule has 2 heterocycles. The summed E-state index contributed by atoms with van der Waals surface area (Å²) in [5, 5.41) is 4.17. The van der Waals surface area contributed by atoms with Crippen molar-refractivity contribution < 1.29 is 4.79 Å². The Morgan fingerprint density at radius 2 is 1.95 bits per heavy atom. The van der Waals surface area contributed by atoms with Crippen LogP contribution >= 0.6 is 0 Å². The topological polar surface area (TPSA) is 38.1 Å². The average molecular weight is 277 g/mol. The van der Waals surface area contributed by atoms with Gasteiger partial charge in [-0.1, -0.05) is 13.8 Å². The van der Waals surface area contributed by atoms with Crippen LogP contribution in [-0.4, -0.2) is 39.1 Å². The van der Waals surface area contributed by atoms with Crippen LogP contribution in [0.25, 0.3) is 0 Å². The summed E-state index contributed by atoms with van der Waals surface area (Å²) in [7, 11) is 1.91. The molecule has 0 unspecified atom stereocenters. The van der Waals surface area contributed by atoms with Crippen molar-refractivity contribution in [3.63, 3.8) is 0 Å². The van der Waals surface area contributed by atoms with Gasteiger partial charge in [-0.3, -0.25) is 14.4 Å². The van der Waals surface area contributed by atoms with Crippen molar-refractivity contribution in [1.29, 1.82) is 0 Å². The minimum atomic E-state index is -0.224. The highest BCUT2D eigenvalue weighted by atomic mass is 16.1. The van der Waals surface area contributed by atoms with E-state index in [0.717, 1.165) is 37.9 Å². The largest absolute Gasteiger partial charge is 0.298 e. The van der Waals surface area contributed by atoms with E-state index < -0.39 is 0 Å². The zero-order chi connectivity index (χ0) is 14.6. The third-order valence-electron chi connectivity index (χ3n) is 4.80. The molecular formula is C16H27N3O. The number of likely N-dealkylation sites (tertiary alicyclic amines) is 1. The lowest BCUT2D eigenvalue weighted by molar-refractivity contribution is -0.131. The highest BCUT2D eigenvalue weighted by Crippen LogP contribution is 2.30. The molecule has 0 atom stereocenters. The lowest BCUT2D eigenvalue weighted by Crippen LogP contribution is -2.52. The number of carbonyl (C=O) groups excluding carboxylic acids is 1. The van der Waals surface area contributed by atoms with Crippen LogP contribution in [0.5, 0.6) is 0 Å². The molecule has 2 rings (SSSR count). The fourth-order valence-electron chi connectivity index (χ4n) is 3.50. The molecule has 20 heavy (non-hydrogen) atoms. The fourth-order valence-corrected chi connectivity index (χ4v) is 3.50. The molecule has 1 aliphatic heterocycles. The van der Waals surface area contributed by atoms with Crippen LogP contribution in [0.2, 0.25) is 0 Å². The van der Waals surface area contributed by atoms with E-state index in [1.165, 1.54) is 12.8 Å². The van der Waals surface area contributed by atoms with Crippen LogP contribution in [-0.2, 0) is 18.3 Å². The maximum atomic E-state index is 12.8. The van der Waals surface area contributed by atoms with E-state index in [2.05, 4.69) is 23.8 Å². The number of carbonyl (C=O) groups is 1. The second-order valence-electron chi connectivity index (χ2n) is 5.88. The molecule has 0 saturated carbocycles. The summed E-state index contributed by atoms with van der Waals surface area (Å²) in [6, 6.07) is 0. The molecule has 1 aliphatic rings. The molecule has 1 fully saturated rings. The number of aromatic nitrogens is 2. The highest BCUT2D eigenvalue weighted by molar-refractivity contribution is 5.88. The predicted molar refractivity (Wildman–Crippen MR) is 80.7 cm³/mol. The predicted octanol–water partition coefficient (Wildman–Crippen LogP) is 2.58. The van der Waals surface area contributed by atoms with Gasteiger partial charge < -0.3 is 0 Å². The summed E-state index contributed by atoms with van der Waals surface area (Å²) in [6.07, 6.45) is 9.62. The molecule has 0 amide bonds. The number of Topliss-reactive ketones (excluding diaryl/α,β-unsaturated/α-hetero) is 1. The number of hydrogen-bond donors (Lipinski definition) is 0. The van der Waals surface area contributed by atoms with E-state index in [1.54, 1.807) is 4.68 Å². The third-order valence-corrected chi connectivity index (χ3v) is 4.80. The number of rotatable bonds is 7. The highest BCUT2D eigenvalue weighted by Gasteiger charge is 2.40. The van der Waals surface area contributed by atoms with Crippen LogP contribution in [0.1, 0.15) is 51.5 Å². The fraction of sp³-hybridized carbons (Fsp3) is 0.750. The zero-order valence-corrected chi connectivity index (χ0v) is 13.1. The summed E-state index contributed by atoms with van der Waals surface area (Å²) >= 11 is 0. The van der Waals surface area contributed by atoms with Crippen molar-refractivity contribution in [2.75, 3.05) is 13.1 Å². The van der Waals surface area contributed by atoms with Crippen molar-refractivity contribution in [1.82, 2.24) is 14.7 Å². The molecular weight excluding hydrogens is 250 g/mol. The first-order chi connectivity index (χ1) is 9.62. The molecule has 0 aromatic carbocycles. The molecule has 0 N–H and O–H groups in total. The van der Waals surface area contributed by atoms with E-state index in [4.69, 9.17) is 0 Å². The van der Waals surface area contributed by atoms with Crippen LogP contribution in [0.15, 0.2) is 12.4 Å². The van der Waals surface area contributed by atoms with Gasteiger partial charge in [-0.2, -0.15) is 5.10 Å². The first-order valence-corrected chi connectivity index (χ1v) is 7.88. The number of hydrogen-bond acceptors (Lipinski definition) is 3. The minimum absolute atomic E-state index is 0.224. The molecule has 112 valence electrons. The summed E-state index contributed by atoms with van der Waals surface area (Å²) in [5.74, 6) is 0.410. The van der Waals surface area contributed by atoms with Crippen LogP contribution in [0, 0.1) is 0 Å². The van der Waals surface area contributed by atoms with Crippen molar-refractivity contribution in [3.8, 4) is 0 Å². The van der Waals surface area contributed by atoms with Gasteiger partial charge >= 0.3 is 0 Å².